The minimum absolute atomic E-state index is 0.0153. The normalized spacial score (nSPS) is 15.1. The summed E-state index contributed by atoms with van der Waals surface area (Å²) >= 11 is 0. The van der Waals surface area contributed by atoms with Gasteiger partial charge in [-0.2, -0.15) is 0 Å². The minimum atomic E-state index is -0.313. The molecule has 0 aliphatic heterocycles. The molecule has 1 amide bonds. The van der Waals surface area contributed by atoms with E-state index in [1.807, 2.05) is 31.2 Å². The van der Waals surface area contributed by atoms with Gasteiger partial charge in [0.1, 0.15) is 6.61 Å². The maximum atomic E-state index is 12.7. The monoisotopic (exact) mass is 473 g/mol. The van der Waals surface area contributed by atoms with Crippen molar-refractivity contribution in [2.75, 3.05) is 6.61 Å². The number of rotatable bonds is 10. The first-order valence-electron chi connectivity index (χ1n) is 12.7. The Labute approximate surface area is 210 Å². The van der Waals surface area contributed by atoms with Crippen LogP contribution in [0.3, 0.4) is 0 Å². The highest BCUT2D eigenvalue weighted by atomic mass is 16.5. The second kappa shape index (κ2) is 12.5. The van der Waals surface area contributed by atoms with Crippen LogP contribution in [0.4, 0.5) is 0 Å². The zero-order valence-corrected chi connectivity index (χ0v) is 21.6. The Kier molecular flexibility index (Phi) is 9.47. The van der Waals surface area contributed by atoms with Gasteiger partial charge in [0.2, 0.25) is 5.91 Å². The molecule has 0 heterocycles. The summed E-state index contributed by atoms with van der Waals surface area (Å²) in [6, 6.07) is 18.6. The molecule has 0 fully saturated rings. The summed E-state index contributed by atoms with van der Waals surface area (Å²) in [5.74, 6) is -0.521. The van der Waals surface area contributed by atoms with Crippen LogP contribution in [0.25, 0.3) is 11.1 Å². The Bertz CT molecular complexity index is 1030. The van der Waals surface area contributed by atoms with Gasteiger partial charge in [0.05, 0.1) is 5.92 Å². The molecule has 1 aliphatic rings. The van der Waals surface area contributed by atoms with E-state index >= 15 is 0 Å². The summed E-state index contributed by atoms with van der Waals surface area (Å²) in [6.07, 6.45) is 9.91. The fraction of sp³-hybridized carbons (Fsp3) is 0.419. The number of esters is 1. The van der Waals surface area contributed by atoms with E-state index in [1.165, 1.54) is 5.56 Å². The van der Waals surface area contributed by atoms with Gasteiger partial charge in [-0.3, -0.25) is 9.59 Å². The van der Waals surface area contributed by atoms with Crippen molar-refractivity contribution in [3.63, 3.8) is 0 Å². The number of amides is 1. The molecule has 186 valence electrons. The van der Waals surface area contributed by atoms with Gasteiger partial charge in [-0.15, -0.1) is 0 Å². The molecule has 4 heteroatoms. The first-order valence-corrected chi connectivity index (χ1v) is 12.7. The molecule has 1 aliphatic carbocycles. The van der Waals surface area contributed by atoms with Crippen LogP contribution in [0, 0.1) is 11.3 Å². The van der Waals surface area contributed by atoms with Crippen molar-refractivity contribution in [1.82, 2.24) is 5.32 Å². The molecule has 2 atom stereocenters. The van der Waals surface area contributed by atoms with Crippen molar-refractivity contribution >= 4 is 11.9 Å². The predicted octanol–water partition coefficient (Wildman–Crippen LogP) is 6.66. The van der Waals surface area contributed by atoms with E-state index in [0.29, 0.717) is 25.9 Å². The van der Waals surface area contributed by atoms with Crippen molar-refractivity contribution < 1.29 is 14.3 Å². The van der Waals surface area contributed by atoms with Crippen LogP contribution in [0.1, 0.15) is 58.9 Å². The summed E-state index contributed by atoms with van der Waals surface area (Å²) in [6.45, 7) is 8.35. The van der Waals surface area contributed by atoms with Crippen molar-refractivity contribution in [2.24, 2.45) is 11.3 Å². The molecule has 0 saturated carbocycles. The molecule has 0 saturated heterocycles. The Balaban J connectivity index is 1.64. The molecule has 0 unspecified atom stereocenters. The molecule has 0 bridgehead atoms. The van der Waals surface area contributed by atoms with Crippen LogP contribution in [0.2, 0.25) is 0 Å². The third-order valence-electron chi connectivity index (χ3n) is 6.09. The predicted molar refractivity (Wildman–Crippen MR) is 143 cm³/mol. The van der Waals surface area contributed by atoms with Crippen LogP contribution >= 0.6 is 0 Å². The molecule has 1 N–H and O–H groups in total. The van der Waals surface area contributed by atoms with E-state index < -0.39 is 0 Å². The van der Waals surface area contributed by atoms with E-state index in [0.717, 1.165) is 29.5 Å². The van der Waals surface area contributed by atoms with Gasteiger partial charge in [-0.1, -0.05) is 101 Å². The van der Waals surface area contributed by atoms with Crippen LogP contribution in [-0.4, -0.2) is 24.5 Å². The average molecular weight is 474 g/mol. The Morgan fingerprint density at radius 2 is 1.66 bits per heavy atom. The zero-order valence-electron chi connectivity index (χ0n) is 21.6. The van der Waals surface area contributed by atoms with E-state index in [1.54, 1.807) is 0 Å². The topological polar surface area (TPSA) is 55.4 Å². The highest BCUT2D eigenvalue weighted by Gasteiger charge is 2.24. The fourth-order valence-corrected chi connectivity index (χ4v) is 4.30. The summed E-state index contributed by atoms with van der Waals surface area (Å²) < 4.78 is 5.57. The third-order valence-corrected chi connectivity index (χ3v) is 6.09. The largest absolute Gasteiger partial charge is 0.461 e. The Hall–Kier alpha value is -3.14. The summed E-state index contributed by atoms with van der Waals surface area (Å²) in [4.78, 5) is 25.4. The quantitative estimate of drug-likeness (QED) is 0.392. The molecule has 2 aromatic rings. The standard InChI is InChI=1S/C31H39NO3/c1-23(30(34)35-22-25-11-7-5-8-12-25)19-28(32-29(33)21-31(2,3)4)20-24-15-17-27(18-16-24)26-13-9-6-10-14-26/h6-7,9-18,23,28H,5,8,19-22H2,1-4H3,(H,32,33)/t23-,28+/m1/s1. The Morgan fingerprint density at radius 3 is 2.29 bits per heavy atom. The first-order chi connectivity index (χ1) is 16.7. The molecule has 2 aromatic carbocycles. The lowest BCUT2D eigenvalue weighted by atomic mass is 9.90. The van der Waals surface area contributed by atoms with Gasteiger partial charge in [0.15, 0.2) is 0 Å². The molecule has 35 heavy (non-hydrogen) atoms. The zero-order chi connectivity index (χ0) is 25.3. The van der Waals surface area contributed by atoms with Gasteiger partial charge >= 0.3 is 5.97 Å². The van der Waals surface area contributed by atoms with Gasteiger partial charge in [-0.05, 0) is 53.4 Å². The average Bonchev–Trinajstić information content (AvgIpc) is 2.83. The maximum absolute atomic E-state index is 12.7. The lowest BCUT2D eigenvalue weighted by molar-refractivity contribution is -0.147. The van der Waals surface area contributed by atoms with E-state index in [-0.39, 0.29) is 29.3 Å². The summed E-state index contributed by atoms with van der Waals surface area (Å²) in [5, 5.41) is 3.19. The highest BCUT2D eigenvalue weighted by Crippen LogP contribution is 2.22. The second-order valence-electron chi connectivity index (χ2n) is 10.8. The van der Waals surface area contributed by atoms with E-state index in [9.17, 15) is 9.59 Å². The van der Waals surface area contributed by atoms with Crippen LogP contribution in [0.5, 0.6) is 0 Å². The molecule has 0 spiro atoms. The van der Waals surface area contributed by atoms with Crippen molar-refractivity contribution in [3.05, 3.63) is 84.0 Å². The molecule has 0 aromatic heterocycles. The van der Waals surface area contributed by atoms with Crippen molar-refractivity contribution in [2.45, 2.75) is 65.8 Å². The van der Waals surface area contributed by atoms with E-state index in [2.05, 4.69) is 74.6 Å². The smallest absolute Gasteiger partial charge is 0.309 e. The molecule has 4 nitrogen and oxygen atoms in total. The highest BCUT2D eigenvalue weighted by molar-refractivity contribution is 5.77. The number of allylic oxidation sites excluding steroid dienone is 2. The van der Waals surface area contributed by atoms with Crippen molar-refractivity contribution in [3.8, 4) is 11.1 Å². The number of ether oxygens (including phenoxy) is 1. The number of carbonyl (C=O) groups excluding carboxylic acids is 2. The molecule has 0 radical (unpaired) electrons. The van der Waals surface area contributed by atoms with Crippen LogP contribution in [0.15, 0.2) is 78.4 Å². The number of hydrogen-bond acceptors (Lipinski definition) is 3. The lowest BCUT2D eigenvalue weighted by Gasteiger charge is -2.24. The molecular formula is C31H39NO3. The SMILES string of the molecule is C[C@H](C[C@@H](Cc1ccc(-c2ccccc2)cc1)NC(=O)CC(C)(C)C)C(=O)OCC1=CCCC=C1. The van der Waals surface area contributed by atoms with Crippen LogP contribution in [-0.2, 0) is 20.7 Å². The van der Waals surface area contributed by atoms with Gasteiger partial charge < -0.3 is 10.1 Å². The van der Waals surface area contributed by atoms with E-state index in [4.69, 9.17) is 4.74 Å². The fourth-order valence-electron chi connectivity index (χ4n) is 4.30. The molecular weight excluding hydrogens is 434 g/mol. The van der Waals surface area contributed by atoms with Crippen molar-refractivity contribution in [1.29, 1.82) is 0 Å². The van der Waals surface area contributed by atoms with Gasteiger partial charge in [0.25, 0.3) is 0 Å². The molecule has 3 rings (SSSR count). The number of benzene rings is 2. The third kappa shape index (κ3) is 9.20. The first kappa shape index (κ1) is 26.5. The summed E-state index contributed by atoms with van der Waals surface area (Å²) in [5.41, 5.74) is 4.41. The number of carbonyl (C=O) groups is 2. The van der Waals surface area contributed by atoms with Crippen LogP contribution < -0.4 is 5.32 Å². The Morgan fingerprint density at radius 1 is 0.971 bits per heavy atom. The second-order valence-corrected chi connectivity index (χ2v) is 10.8. The van der Waals surface area contributed by atoms with Gasteiger partial charge in [0, 0.05) is 12.5 Å². The minimum Gasteiger partial charge on any atom is -0.461 e. The summed E-state index contributed by atoms with van der Waals surface area (Å²) in [7, 11) is 0. The number of hydrogen-bond donors (Lipinski definition) is 1. The lowest BCUT2D eigenvalue weighted by Crippen LogP contribution is -2.40. The maximum Gasteiger partial charge on any atom is 0.309 e. The number of nitrogens with one attached hydrogen (secondary N) is 1. The van der Waals surface area contributed by atoms with Gasteiger partial charge in [-0.25, -0.2) is 0 Å².